The van der Waals surface area contributed by atoms with Crippen molar-refractivity contribution in [1.29, 1.82) is 0 Å². The quantitative estimate of drug-likeness (QED) is 0.514. The number of rotatable bonds is 5. The van der Waals surface area contributed by atoms with Gasteiger partial charge in [-0.15, -0.1) is 0 Å². The minimum atomic E-state index is -0.202. The second-order valence-electron chi connectivity index (χ2n) is 7.52. The van der Waals surface area contributed by atoms with Crippen molar-refractivity contribution >= 4 is 17.2 Å². The van der Waals surface area contributed by atoms with Crippen LogP contribution in [0.3, 0.4) is 0 Å². The fraction of sp³-hybridized carbons (Fsp3) is 0.192. The van der Waals surface area contributed by atoms with E-state index in [2.05, 4.69) is 38.1 Å². The molecular formula is C26H25NO2. The van der Waals surface area contributed by atoms with Crippen molar-refractivity contribution in [3.8, 4) is 5.75 Å². The lowest BCUT2D eigenvalue weighted by molar-refractivity contribution is -0.127. The van der Waals surface area contributed by atoms with Crippen LogP contribution in [0.5, 0.6) is 5.75 Å². The maximum atomic E-state index is 13.5. The SMILES string of the molecule is COc1ccc(N2C(=O)[C@@H](C(=C(C)C)c3ccccc3)[C@H]2c2ccccc2)cc1. The van der Waals surface area contributed by atoms with Gasteiger partial charge in [0.2, 0.25) is 5.91 Å². The Morgan fingerprint density at radius 2 is 1.41 bits per heavy atom. The Hall–Kier alpha value is -3.33. The lowest BCUT2D eigenvalue weighted by Crippen LogP contribution is -2.55. The van der Waals surface area contributed by atoms with Crippen molar-refractivity contribution in [2.45, 2.75) is 19.9 Å². The van der Waals surface area contributed by atoms with E-state index in [4.69, 9.17) is 4.74 Å². The number of nitrogens with zero attached hydrogens (tertiary/aromatic N) is 1. The topological polar surface area (TPSA) is 29.5 Å². The number of allylic oxidation sites excluding steroid dienone is 1. The van der Waals surface area contributed by atoms with Gasteiger partial charge >= 0.3 is 0 Å². The van der Waals surface area contributed by atoms with Crippen molar-refractivity contribution < 1.29 is 9.53 Å². The van der Waals surface area contributed by atoms with E-state index >= 15 is 0 Å². The Bertz CT molecular complexity index is 1020. The van der Waals surface area contributed by atoms with E-state index in [9.17, 15) is 4.79 Å². The number of hydrogen-bond donors (Lipinski definition) is 0. The van der Waals surface area contributed by atoms with Gasteiger partial charge < -0.3 is 9.64 Å². The van der Waals surface area contributed by atoms with E-state index in [1.54, 1.807) is 7.11 Å². The van der Waals surface area contributed by atoms with Crippen LogP contribution in [0.1, 0.15) is 31.0 Å². The molecule has 0 spiro atoms. The molecule has 0 saturated carbocycles. The highest BCUT2D eigenvalue weighted by molar-refractivity contribution is 6.10. The molecule has 1 saturated heterocycles. The summed E-state index contributed by atoms with van der Waals surface area (Å²) in [5, 5.41) is 0. The Morgan fingerprint density at radius 1 is 0.828 bits per heavy atom. The monoisotopic (exact) mass is 383 g/mol. The maximum Gasteiger partial charge on any atom is 0.237 e. The molecule has 1 heterocycles. The lowest BCUT2D eigenvalue weighted by Gasteiger charge is -2.49. The largest absolute Gasteiger partial charge is 0.497 e. The van der Waals surface area contributed by atoms with Gasteiger partial charge in [0.25, 0.3) is 0 Å². The van der Waals surface area contributed by atoms with Gasteiger partial charge in [-0.1, -0.05) is 66.2 Å². The molecule has 0 aromatic heterocycles. The molecule has 1 fully saturated rings. The van der Waals surface area contributed by atoms with Gasteiger partial charge in [-0.05, 0) is 54.8 Å². The van der Waals surface area contributed by atoms with E-state index in [-0.39, 0.29) is 17.9 Å². The summed E-state index contributed by atoms with van der Waals surface area (Å²) >= 11 is 0. The van der Waals surface area contributed by atoms with Crippen molar-refractivity contribution in [2.24, 2.45) is 5.92 Å². The van der Waals surface area contributed by atoms with Crippen LogP contribution >= 0.6 is 0 Å². The zero-order valence-electron chi connectivity index (χ0n) is 17.0. The van der Waals surface area contributed by atoms with Crippen molar-refractivity contribution in [3.63, 3.8) is 0 Å². The Kier molecular flexibility index (Phi) is 5.22. The summed E-state index contributed by atoms with van der Waals surface area (Å²) in [7, 11) is 1.65. The third-order valence-electron chi connectivity index (χ3n) is 5.52. The highest BCUT2D eigenvalue weighted by Crippen LogP contribution is 2.50. The number of β-lactam (4-membered cyclic amide) rings is 1. The predicted octanol–water partition coefficient (Wildman–Crippen LogP) is 5.89. The zero-order chi connectivity index (χ0) is 20.4. The summed E-state index contributed by atoms with van der Waals surface area (Å²) in [4.78, 5) is 15.4. The van der Waals surface area contributed by atoms with Crippen LogP contribution in [-0.2, 0) is 4.79 Å². The molecular weight excluding hydrogens is 358 g/mol. The van der Waals surface area contributed by atoms with Gasteiger partial charge in [-0.3, -0.25) is 4.79 Å². The van der Waals surface area contributed by atoms with Crippen LogP contribution in [-0.4, -0.2) is 13.0 Å². The number of ether oxygens (including phenoxy) is 1. The minimum Gasteiger partial charge on any atom is -0.497 e. The van der Waals surface area contributed by atoms with Gasteiger partial charge in [-0.25, -0.2) is 0 Å². The van der Waals surface area contributed by atoms with Gasteiger partial charge in [0.15, 0.2) is 0 Å². The lowest BCUT2D eigenvalue weighted by atomic mass is 9.73. The smallest absolute Gasteiger partial charge is 0.237 e. The number of methoxy groups -OCH3 is 1. The first-order chi connectivity index (χ1) is 14.1. The van der Waals surface area contributed by atoms with E-state index in [0.29, 0.717) is 0 Å². The molecule has 29 heavy (non-hydrogen) atoms. The summed E-state index contributed by atoms with van der Waals surface area (Å²) in [5.74, 6) is 0.708. The average molecular weight is 383 g/mol. The first kappa shape index (κ1) is 19.0. The number of hydrogen-bond acceptors (Lipinski definition) is 2. The number of anilines is 1. The molecule has 1 aliphatic heterocycles. The molecule has 1 amide bonds. The molecule has 0 N–H and O–H groups in total. The predicted molar refractivity (Wildman–Crippen MR) is 118 cm³/mol. The standard InChI is InChI=1S/C26H25NO2/c1-18(2)23(19-10-6-4-7-11-19)24-25(20-12-8-5-9-13-20)27(26(24)28)21-14-16-22(29-3)17-15-21/h4-17,24-25H,1-3H3/t24-,25+/m0/s1. The van der Waals surface area contributed by atoms with Crippen LogP contribution in [0.15, 0.2) is 90.5 Å². The zero-order valence-corrected chi connectivity index (χ0v) is 17.0. The molecule has 3 aromatic rings. The third-order valence-corrected chi connectivity index (χ3v) is 5.52. The average Bonchev–Trinajstić information content (AvgIpc) is 2.76. The molecule has 2 atom stereocenters. The van der Waals surface area contributed by atoms with Gasteiger partial charge in [0.1, 0.15) is 5.75 Å². The van der Waals surface area contributed by atoms with E-state index in [1.165, 1.54) is 5.57 Å². The summed E-state index contributed by atoms with van der Waals surface area (Å²) in [6.45, 7) is 4.18. The van der Waals surface area contributed by atoms with Crippen LogP contribution < -0.4 is 9.64 Å². The van der Waals surface area contributed by atoms with Gasteiger partial charge in [0, 0.05) is 5.69 Å². The third kappa shape index (κ3) is 3.44. The molecule has 1 aliphatic rings. The molecule has 146 valence electrons. The molecule has 0 bridgehead atoms. The molecule has 3 aromatic carbocycles. The van der Waals surface area contributed by atoms with Crippen LogP contribution in [0.25, 0.3) is 5.57 Å². The molecule has 3 nitrogen and oxygen atoms in total. The van der Waals surface area contributed by atoms with Crippen LogP contribution in [0.4, 0.5) is 5.69 Å². The highest BCUT2D eigenvalue weighted by atomic mass is 16.5. The fourth-order valence-corrected chi connectivity index (χ4v) is 4.19. The molecule has 0 aliphatic carbocycles. The van der Waals surface area contributed by atoms with E-state index in [1.807, 2.05) is 65.6 Å². The molecule has 0 unspecified atom stereocenters. The van der Waals surface area contributed by atoms with E-state index < -0.39 is 0 Å². The highest BCUT2D eigenvalue weighted by Gasteiger charge is 2.50. The summed E-state index contributed by atoms with van der Waals surface area (Å²) in [6, 6.07) is 28.2. The van der Waals surface area contributed by atoms with E-state index in [0.717, 1.165) is 28.1 Å². The maximum absolute atomic E-state index is 13.5. The van der Waals surface area contributed by atoms with Crippen molar-refractivity contribution in [3.05, 3.63) is 102 Å². The van der Waals surface area contributed by atoms with Crippen LogP contribution in [0, 0.1) is 5.92 Å². The van der Waals surface area contributed by atoms with Crippen LogP contribution in [0.2, 0.25) is 0 Å². The molecule has 4 rings (SSSR count). The summed E-state index contributed by atoms with van der Waals surface area (Å²) in [5.41, 5.74) is 5.44. The number of amides is 1. The Balaban J connectivity index is 1.79. The molecule has 3 heteroatoms. The number of carbonyl (C=O) groups excluding carboxylic acids is 1. The first-order valence-corrected chi connectivity index (χ1v) is 9.86. The number of benzene rings is 3. The first-order valence-electron chi connectivity index (χ1n) is 9.86. The van der Waals surface area contributed by atoms with Crippen molar-refractivity contribution in [1.82, 2.24) is 0 Å². The fourth-order valence-electron chi connectivity index (χ4n) is 4.19. The normalized spacial score (nSPS) is 18.2. The Labute approximate surface area is 172 Å². The second kappa shape index (κ2) is 7.96. The van der Waals surface area contributed by atoms with Gasteiger partial charge in [0.05, 0.1) is 19.1 Å². The minimum absolute atomic E-state index is 0.0396. The summed E-state index contributed by atoms with van der Waals surface area (Å²) < 4.78 is 5.28. The number of carbonyl (C=O) groups is 1. The van der Waals surface area contributed by atoms with Gasteiger partial charge in [-0.2, -0.15) is 0 Å². The summed E-state index contributed by atoms with van der Waals surface area (Å²) in [6.07, 6.45) is 0. The van der Waals surface area contributed by atoms with Crippen molar-refractivity contribution in [2.75, 3.05) is 12.0 Å². The second-order valence-corrected chi connectivity index (χ2v) is 7.52. The Morgan fingerprint density at radius 3 is 1.97 bits per heavy atom. The molecule has 0 radical (unpaired) electrons.